The standard InChI is InChI=1S/C13H18O/c1-9(2)12-7-6-11(10-4-5-10)8-13(12)14-3/h6-10H,4-5H2,1-3H3. The molecule has 0 radical (unpaired) electrons. The maximum atomic E-state index is 5.43. The normalized spacial score (nSPS) is 16.0. The molecule has 0 bridgehead atoms. The highest BCUT2D eigenvalue weighted by Gasteiger charge is 2.24. The lowest BCUT2D eigenvalue weighted by Crippen LogP contribution is -1.95. The van der Waals surface area contributed by atoms with E-state index in [1.165, 1.54) is 24.0 Å². The number of rotatable bonds is 3. The molecular weight excluding hydrogens is 172 g/mol. The third-order valence-electron chi connectivity index (χ3n) is 2.93. The van der Waals surface area contributed by atoms with Gasteiger partial charge in [-0.3, -0.25) is 0 Å². The number of methoxy groups -OCH3 is 1. The van der Waals surface area contributed by atoms with E-state index in [0.29, 0.717) is 5.92 Å². The van der Waals surface area contributed by atoms with Gasteiger partial charge in [0.15, 0.2) is 0 Å². The molecule has 0 atom stereocenters. The fourth-order valence-electron chi connectivity index (χ4n) is 1.88. The minimum absolute atomic E-state index is 0.540. The van der Waals surface area contributed by atoms with Gasteiger partial charge in [-0.25, -0.2) is 0 Å². The predicted octanol–water partition coefficient (Wildman–Crippen LogP) is 3.70. The Kier molecular flexibility index (Phi) is 2.49. The van der Waals surface area contributed by atoms with E-state index in [2.05, 4.69) is 32.0 Å². The van der Waals surface area contributed by atoms with Crippen molar-refractivity contribution in [3.05, 3.63) is 29.3 Å². The second-order valence-electron chi connectivity index (χ2n) is 4.43. The Labute approximate surface area is 86.1 Å². The minimum Gasteiger partial charge on any atom is -0.496 e. The average molecular weight is 190 g/mol. The summed E-state index contributed by atoms with van der Waals surface area (Å²) in [6.07, 6.45) is 2.70. The predicted molar refractivity (Wildman–Crippen MR) is 59.1 cm³/mol. The van der Waals surface area contributed by atoms with Crippen molar-refractivity contribution in [3.8, 4) is 5.75 Å². The number of hydrogen-bond acceptors (Lipinski definition) is 1. The molecule has 0 N–H and O–H groups in total. The summed E-state index contributed by atoms with van der Waals surface area (Å²) in [5.41, 5.74) is 2.77. The molecule has 0 spiro atoms. The van der Waals surface area contributed by atoms with Crippen molar-refractivity contribution in [1.82, 2.24) is 0 Å². The first-order valence-corrected chi connectivity index (χ1v) is 5.40. The SMILES string of the molecule is COc1cc(C2CC2)ccc1C(C)C. The Balaban J connectivity index is 2.33. The second-order valence-corrected chi connectivity index (χ2v) is 4.43. The van der Waals surface area contributed by atoms with Crippen LogP contribution in [-0.4, -0.2) is 7.11 Å². The summed E-state index contributed by atoms with van der Waals surface area (Å²) in [4.78, 5) is 0. The van der Waals surface area contributed by atoms with Gasteiger partial charge in [-0.2, -0.15) is 0 Å². The number of hydrogen-bond donors (Lipinski definition) is 0. The van der Waals surface area contributed by atoms with E-state index in [0.717, 1.165) is 11.7 Å². The average Bonchev–Trinajstić information content (AvgIpc) is 3.00. The lowest BCUT2D eigenvalue weighted by Gasteiger charge is -2.12. The summed E-state index contributed by atoms with van der Waals surface area (Å²) in [5, 5.41) is 0. The molecule has 1 heteroatoms. The van der Waals surface area contributed by atoms with Crippen molar-refractivity contribution in [2.75, 3.05) is 7.11 Å². The van der Waals surface area contributed by atoms with Gasteiger partial charge >= 0.3 is 0 Å². The Morgan fingerprint density at radius 1 is 1.29 bits per heavy atom. The second kappa shape index (κ2) is 3.64. The highest BCUT2D eigenvalue weighted by molar-refractivity contribution is 5.41. The van der Waals surface area contributed by atoms with Gasteiger partial charge in [-0.15, -0.1) is 0 Å². The van der Waals surface area contributed by atoms with E-state index in [1.54, 1.807) is 7.11 Å². The highest BCUT2D eigenvalue weighted by Crippen LogP contribution is 2.42. The first kappa shape index (κ1) is 9.57. The summed E-state index contributed by atoms with van der Waals surface area (Å²) in [6.45, 7) is 4.41. The van der Waals surface area contributed by atoms with E-state index in [-0.39, 0.29) is 0 Å². The fourth-order valence-corrected chi connectivity index (χ4v) is 1.88. The van der Waals surface area contributed by atoms with Gasteiger partial charge < -0.3 is 4.74 Å². The van der Waals surface area contributed by atoms with Crippen molar-refractivity contribution in [1.29, 1.82) is 0 Å². The molecule has 2 rings (SSSR count). The third kappa shape index (κ3) is 1.77. The van der Waals surface area contributed by atoms with Crippen LogP contribution in [0, 0.1) is 0 Å². The molecule has 0 heterocycles. The van der Waals surface area contributed by atoms with Crippen molar-refractivity contribution >= 4 is 0 Å². The molecule has 14 heavy (non-hydrogen) atoms. The van der Waals surface area contributed by atoms with Crippen LogP contribution in [0.15, 0.2) is 18.2 Å². The molecular formula is C13H18O. The van der Waals surface area contributed by atoms with Crippen LogP contribution in [0.25, 0.3) is 0 Å². The maximum absolute atomic E-state index is 5.43. The summed E-state index contributed by atoms with van der Waals surface area (Å²) in [6, 6.07) is 6.69. The monoisotopic (exact) mass is 190 g/mol. The fraction of sp³-hybridized carbons (Fsp3) is 0.538. The molecule has 1 aliphatic rings. The van der Waals surface area contributed by atoms with Gasteiger partial charge in [-0.05, 0) is 41.9 Å². The summed E-state index contributed by atoms with van der Waals surface area (Å²) >= 11 is 0. The van der Waals surface area contributed by atoms with Crippen LogP contribution in [-0.2, 0) is 0 Å². The molecule has 0 unspecified atom stereocenters. The van der Waals surface area contributed by atoms with Gasteiger partial charge in [-0.1, -0.05) is 26.0 Å². The molecule has 1 saturated carbocycles. The highest BCUT2D eigenvalue weighted by atomic mass is 16.5. The Hall–Kier alpha value is -0.980. The minimum atomic E-state index is 0.540. The molecule has 1 aromatic carbocycles. The van der Waals surface area contributed by atoms with E-state index in [4.69, 9.17) is 4.74 Å². The van der Waals surface area contributed by atoms with Crippen LogP contribution >= 0.6 is 0 Å². The maximum Gasteiger partial charge on any atom is 0.122 e. The number of benzene rings is 1. The lowest BCUT2D eigenvalue weighted by atomic mass is 9.99. The van der Waals surface area contributed by atoms with Crippen molar-refractivity contribution in [3.63, 3.8) is 0 Å². The first-order chi connectivity index (χ1) is 6.72. The zero-order valence-corrected chi connectivity index (χ0v) is 9.21. The van der Waals surface area contributed by atoms with Crippen LogP contribution in [0.4, 0.5) is 0 Å². The van der Waals surface area contributed by atoms with E-state index in [9.17, 15) is 0 Å². The van der Waals surface area contributed by atoms with E-state index >= 15 is 0 Å². The molecule has 0 amide bonds. The van der Waals surface area contributed by atoms with Crippen molar-refractivity contribution in [2.45, 2.75) is 38.5 Å². The topological polar surface area (TPSA) is 9.23 Å². The summed E-state index contributed by atoms with van der Waals surface area (Å²) in [5.74, 6) is 2.41. The first-order valence-electron chi connectivity index (χ1n) is 5.40. The van der Waals surface area contributed by atoms with Crippen LogP contribution in [0.3, 0.4) is 0 Å². The quantitative estimate of drug-likeness (QED) is 0.706. The lowest BCUT2D eigenvalue weighted by molar-refractivity contribution is 0.407. The Morgan fingerprint density at radius 3 is 2.50 bits per heavy atom. The summed E-state index contributed by atoms with van der Waals surface area (Å²) < 4.78 is 5.43. The zero-order valence-electron chi connectivity index (χ0n) is 9.21. The van der Waals surface area contributed by atoms with Crippen LogP contribution in [0.2, 0.25) is 0 Å². The largest absolute Gasteiger partial charge is 0.496 e. The molecule has 0 aliphatic heterocycles. The van der Waals surface area contributed by atoms with Crippen molar-refractivity contribution < 1.29 is 4.74 Å². The molecule has 1 fully saturated rings. The van der Waals surface area contributed by atoms with Crippen LogP contribution < -0.4 is 4.74 Å². The van der Waals surface area contributed by atoms with E-state index in [1.807, 2.05) is 0 Å². The molecule has 1 aliphatic carbocycles. The zero-order chi connectivity index (χ0) is 10.1. The van der Waals surface area contributed by atoms with Gasteiger partial charge in [0.25, 0.3) is 0 Å². The van der Waals surface area contributed by atoms with Gasteiger partial charge in [0.1, 0.15) is 5.75 Å². The number of ether oxygens (including phenoxy) is 1. The Bertz CT molecular complexity index is 324. The van der Waals surface area contributed by atoms with E-state index < -0.39 is 0 Å². The van der Waals surface area contributed by atoms with Crippen LogP contribution in [0.1, 0.15) is 49.7 Å². The summed E-state index contributed by atoms with van der Waals surface area (Å²) in [7, 11) is 1.76. The van der Waals surface area contributed by atoms with Crippen molar-refractivity contribution in [2.24, 2.45) is 0 Å². The molecule has 1 aromatic rings. The molecule has 0 saturated heterocycles. The molecule has 1 nitrogen and oxygen atoms in total. The van der Waals surface area contributed by atoms with Gasteiger partial charge in [0.05, 0.1) is 7.11 Å². The molecule has 76 valence electrons. The Morgan fingerprint density at radius 2 is 2.00 bits per heavy atom. The van der Waals surface area contributed by atoms with Gasteiger partial charge in [0.2, 0.25) is 0 Å². The third-order valence-corrected chi connectivity index (χ3v) is 2.93. The van der Waals surface area contributed by atoms with Crippen LogP contribution in [0.5, 0.6) is 5.75 Å². The van der Waals surface area contributed by atoms with Gasteiger partial charge in [0, 0.05) is 0 Å². The smallest absolute Gasteiger partial charge is 0.122 e. The molecule has 0 aromatic heterocycles.